The predicted molar refractivity (Wildman–Crippen MR) is 125 cm³/mol. The molecule has 1 heterocycles. The van der Waals surface area contributed by atoms with Crippen LogP contribution in [0.15, 0.2) is 41.4 Å². The summed E-state index contributed by atoms with van der Waals surface area (Å²) < 4.78 is 11.7. The summed E-state index contributed by atoms with van der Waals surface area (Å²) >= 11 is 0. The SMILES string of the molecule is CCNC(=NCc1cc2c(cc1OCC)CC(C)O2)NCCNC(=O)c1ccc(O)cc1. The van der Waals surface area contributed by atoms with Gasteiger partial charge >= 0.3 is 0 Å². The normalized spacial score (nSPS) is 15.0. The summed E-state index contributed by atoms with van der Waals surface area (Å²) in [5.74, 6) is 2.34. The van der Waals surface area contributed by atoms with Gasteiger partial charge in [-0.05, 0) is 57.2 Å². The van der Waals surface area contributed by atoms with Crippen LogP contribution in [-0.2, 0) is 13.0 Å². The molecule has 0 spiro atoms. The number of nitrogens with one attached hydrogen (secondary N) is 3. The lowest BCUT2D eigenvalue weighted by molar-refractivity contribution is 0.0954. The van der Waals surface area contributed by atoms with Crippen LogP contribution in [0.25, 0.3) is 0 Å². The van der Waals surface area contributed by atoms with Crippen molar-refractivity contribution < 1.29 is 19.4 Å². The number of carbonyl (C=O) groups is 1. The number of phenols is 1. The first-order valence-electron chi connectivity index (χ1n) is 11.0. The predicted octanol–water partition coefficient (Wildman–Crippen LogP) is 2.60. The van der Waals surface area contributed by atoms with Gasteiger partial charge in [0.1, 0.15) is 23.4 Å². The zero-order valence-electron chi connectivity index (χ0n) is 18.9. The van der Waals surface area contributed by atoms with Gasteiger partial charge in [-0.25, -0.2) is 4.99 Å². The number of nitrogens with zero attached hydrogens (tertiary/aromatic N) is 1. The molecule has 2 aromatic carbocycles. The Labute approximate surface area is 189 Å². The first kappa shape index (κ1) is 23.2. The Bertz CT molecular complexity index is 944. The summed E-state index contributed by atoms with van der Waals surface area (Å²) in [5, 5.41) is 18.6. The second-order valence-corrected chi connectivity index (χ2v) is 7.56. The molecule has 1 aliphatic heterocycles. The average Bonchev–Trinajstić information content (AvgIpc) is 3.14. The molecule has 1 unspecified atom stereocenters. The third-order valence-corrected chi connectivity index (χ3v) is 4.96. The number of hydrogen-bond donors (Lipinski definition) is 4. The first-order chi connectivity index (χ1) is 15.5. The minimum atomic E-state index is -0.192. The number of phenolic OH excluding ortho intramolecular Hbond substituents is 1. The number of guanidine groups is 1. The number of benzene rings is 2. The highest BCUT2D eigenvalue weighted by Gasteiger charge is 2.21. The molecule has 0 saturated carbocycles. The van der Waals surface area contributed by atoms with Crippen molar-refractivity contribution in [2.75, 3.05) is 26.2 Å². The second kappa shape index (κ2) is 11.3. The van der Waals surface area contributed by atoms with Gasteiger partial charge in [-0.1, -0.05) is 0 Å². The highest BCUT2D eigenvalue weighted by atomic mass is 16.5. The molecule has 8 heteroatoms. The minimum Gasteiger partial charge on any atom is -0.508 e. The molecule has 0 saturated heterocycles. The number of aliphatic imine (C=N–C) groups is 1. The molecule has 0 fully saturated rings. The van der Waals surface area contributed by atoms with E-state index in [1.807, 2.05) is 19.9 Å². The number of carbonyl (C=O) groups excluding carboxylic acids is 1. The fraction of sp³-hybridized carbons (Fsp3) is 0.417. The smallest absolute Gasteiger partial charge is 0.251 e. The molecule has 1 aliphatic rings. The van der Waals surface area contributed by atoms with E-state index in [0.717, 1.165) is 30.0 Å². The molecule has 2 aromatic rings. The Morgan fingerprint density at radius 1 is 1.16 bits per heavy atom. The number of amides is 1. The molecular weight excluding hydrogens is 408 g/mol. The van der Waals surface area contributed by atoms with Crippen molar-refractivity contribution in [3.63, 3.8) is 0 Å². The van der Waals surface area contributed by atoms with Crippen LogP contribution in [0, 0.1) is 0 Å². The molecule has 32 heavy (non-hydrogen) atoms. The summed E-state index contributed by atoms with van der Waals surface area (Å²) in [5.41, 5.74) is 2.64. The minimum absolute atomic E-state index is 0.131. The Balaban J connectivity index is 1.57. The van der Waals surface area contributed by atoms with E-state index >= 15 is 0 Å². The van der Waals surface area contributed by atoms with E-state index < -0.39 is 0 Å². The van der Waals surface area contributed by atoms with E-state index in [9.17, 15) is 9.90 Å². The number of fused-ring (bicyclic) bond motifs is 1. The van der Waals surface area contributed by atoms with Gasteiger partial charge in [0.25, 0.3) is 5.91 Å². The molecule has 0 aliphatic carbocycles. The number of ether oxygens (including phenoxy) is 2. The fourth-order valence-corrected chi connectivity index (χ4v) is 3.47. The molecule has 1 amide bonds. The van der Waals surface area contributed by atoms with Crippen LogP contribution < -0.4 is 25.4 Å². The number of aromatic hydroxyl groups is 1. The van der Waals surface area contributed by atoms with Crippen LogP contribution >= 0.6 is 0 Å². The van der Waals surface area contributed by atoms with Crippen LogP contribution in [0.4, 0.5) is 0 Å². The topological polar surface area (TPSA) is 104 Å². The second-order valence-electron chi connectivity index (χ2n) is 7.56. The summed E-state index contributed by atoms with van der Waals surface area (Å²) in [6, 6.07) is 10.2. The molecule has 3 rings (SSSR count). The number of rotatable bonds is 9. The fourth-order valence-electron chi connectivity index (χ4n) is 3.47. The molecule has 172 valence electrons. The summed E-state index contributed by atoms with van der Waals surface area (Å²) in [4.78, 5) is 16.8. The molecule has 0 radical (unpaired) electrons. The van der Waals surface area contributed by atoms with Gasteiger partial charge in [0.2, 0.25) is 0 Å². The molecule has 8 nitrogen and oxygen atoms in total. The summed E-state index contributed by atoms with van der Waals surface area (Å²) in [6.45, 7) is 8.72. The maximum Gasteiger partial charge on any atom is 0.251 e. The first-order valence-corrected chi connectivity index (χ1v) is 11.0. The van der Waals surface area contributed by atoms with Crippen molar-refractivity contribution in [3.8, 4) is 17.2 Å². The van der Waals surface area contributed by atoms with Crippen molar-refractivity contribution in [1.82, 2.24) is 16.0 Å². The highest BCUT2D eigenvalue weighted by molar-refractivity contribution is 5.94. The Morgan fingerprint density at radius 3 is 2.62 bits per heavy atom. The van der Waals surface area contributed by atoms with Crippen LogP contribution in [0.2, 0.25) is 0 Å². The van der Waals surface area contributed by atoms with Crippen molar-refractivity contribution in [2.24, 2.45) is 4.99 Å². The van der Waals surface area contributed by atoms with E-state index in [0.29, 0.717) is 37.8 Å². The maximum absolute atomic E-state index is 12.2. The van der Waals surface area contributed by atoms with Gasteiger partial charge in [-0.3, -0.25) is 4.79 Å². The third kappa shape index (κ3) is 6.29. The van der Waals surface area contributed by atoms with Crippen LogP contribution in [0.5, 0.6) is 17.2 Å². The summed E-state index contributed by atoms with van der Waals surface area (Å²) in [6.07, 6.45) is 1.06. The average molecular weight is 441 g/mol. The van der Waals surface area contributed by atoms with Gasteiger partial charge < -0.3 is 30.5 Å². The van der Waals surface area contributed by atoms with E-state index in [4.69, 9.17) is 9.47 Å². The molecular formula is C24H32N4O4. The van der Waals surface area contributed by atoms with Gasteiger partial charge in [0, 0.05) is 42.7 Å². The van der Waals surface area contributed by atoms with Crippen molar-refractivity contribution in [1.29, 1.82) is 0 Å². The van der Waals surface area contributed by atoms with Gasteiger partial charge in [0.05, 0.1) is 13.2 Å². The largest absolute Gasteiger partial charge is 0.508 e. The van der Waals surface area contributed by atoms with Gasteiger partial charge in [0.15, 0.2) is 5.96 Å². The zero-order valence-corrected chi connectivity index (χ0v) is 18.9. The standard InChI is InChI=1S/C24H32N4O4/c1-4-25-24(27-11-10-26-23(30)17-6-8-20(29)9-7-17)28-15-19-14-22-18(12-16(3)32-22)13-21(19)31-5-2/h6-9,13-14,16,29H,4-5,10-12,15H2,1-3H3,(H,26,30)(H2,25,27,28). The Kier molecular flexibility index (Phi) is 8.19. The Morgan fingerprint density at radius 2 is 1.91 bits per heavy atom. The van der Waals surface area contributed by atoms with Crippen LogP contribution in [0.1, 0.15) is 42.3 Å². The van der Waals surface area contributed by atoms with Gasteiger partial charge in [-0.2, -0.15) is 0 Å². The molecule has 1 atom stereocenters. The van der Waals surface area contributed by atoms with E-state index in [1.165, 1.54) is 17.7 Å². The molecule has 4 N–H and O–H groups in total. The summed E-state index contributed by atoms with van der Waals surface area (Å²) in [7, 11) is 0. The monoisotopic (exact) mass is 440 g/mol. The molecule has 0 bridgehead atoms. The lowest BCUT2D eigenvalue weighted by Gasteiger charge is -2.14. The van der Waals surface area contributed by atoms with Crippen molar-refractivity contribution in [3.05, 3.63) is 53.1 Å². The Hall–Kier alpha value is -3.42. The van der Waals surface area contributed by atoms with E-state index in [1.54, 1.807) is 12.1 Å². The quantitative estimate of drug-likeness (QED) is 0.271. The zero-order chi connectivity index (χ0) is 22.9. The lowest BCUT2D eigenvalue weighted by atomic mass is 10.1. The number of hydrogen-bond acceptors (Lipinski definition) is 5. The third-order valence-electron chi connectivity index (χ3n) is 4.96. The molecule has 0 aromatic heterocycles. The van der Waals surface area contributed by atoms with Crippen molar-refractivity contribution >= 4 is 11.9 Å². The van der Waals surface area contributed by atoms with Crippen molar-refractivity contribution in [2.45, 2.75) is 39.8 Å². The van der Waals surface area contributed by atoms with Gasteiger partial charge in [-0.15, -0.1) is 0 Å². The lowest BCUT2D eigenvalue weighted by Crippen LogP contribution is -2.41. The van der Waals surface area contributed by atoms with Crippen LogP contribution in [-0.4, -0.2) is 49.3 Å². The highest BCUT2D eigenvalue weighted by Crippen LogP contribution is 2.35. The van der Waals surface area contributed by atoms with E-state index in [-0.39, 0.29) is 17.8 Å². The van der Waals surface area contributed by atoms with Crippen LogP contribution in [0.3, 0.4) is 0 Å². The van der Waals surface area contributed by atoms with E-state index in [2.05, 4.69) is 33.9 Å². The maximum atomic E-state index is 12.2.